The minimum absolute atomic E-state index is 0.300. The summed E-state index contributed by atoms with van der Waals surface area (Å²) in [4.78, 5) is 11.2. The molecule has 2 rings (SSSR count). The minimum Gasteiger partial charge on any atom is -0.356 e. The summed E-state index contributed by atoms with van der Waals surface area (Å²) in [6.07, 6.45) is 7.74. The summed E-state index contributed by atoms with van der Waals surface area (Å²) < 4.78 is 0. The quantitative estimate of drug-likeness (QED) is 0.681. The number of carbonyl (C=O) groups is 1. The maximum absolute atomic E-state index is 11.2. The summed E-state index contributed by atoms with van der Waals surface area (Å²) in [6.45, 7) is 0.911. The van der Waals surface area contributed by atoms with Gasteiger partial charge in [0.1, 0.15) is 0 Å². The van der Waals surface area contributed by atoms with Crippen LogP contribution in [0.5, 0.6) is 0 Å². The number of carbonyl (C=O) groups excluding carboxylic acids is 1. The van der Waals surface area contributed by atoms with Crippen molar-refractivity contribution >= 4 is 5.91 Å². The zero-order valence-corrected chi connectivity index (χ0v) is 7.51. The van der Waals surface area contributed by atoms with Crippen LogP contribution >= 0.6 is 0 Å². The Balaban J connectivity index is 1.68. The molecule has 68 valence electrons. The maximum Gasteiger partial charge on any atom is 0.223 e. The molecule has 2 heteroatoms. The predicted molar refractivity (Wildman–Crippen MR) is 47.7 cm³/mol. The zero-order valence-electron chi connectivity index (χ0n) is 7.51. The van der Waals surface area contributed by atoms with Gasteiger partial charge in [0, 0.05) is 12.5 Å². The zero-order chi connectivity index (χ0) is 8.39. The molecule has 1 unspecified atom stereocenters. The van der Waals surface area contributed by atoms with Gasteiger partial charge in [-0.15, -0.1) is 0 Å². The van der Waals surface area contributed by atoms with Crippen molar-refractivity contribution in [3.63, 3.8) is 0 Å². The molecule has 1 N–H and O–H groups in total. The molecule has 0 aromatic rings. The van der Waals surface area contributed by atoms with E-state index in [1.165, 1.54) is 25.7 Å². The van der Waals surface area contributed by atoms with Gasteiger partial charge in [-0.3, -0.25) is 4.79 Å². The molecule has 1 aliphatic carbocycles. The standard InChI is InChI=1S/C10H17NO/c12-10-9(6-7-11-10)5-4-8-2-1-3-8/h8-9H,1-7H2,(H,11,12). The van der Waals surface area contributed by atoms with Crippen molar-refractivity contribution in [3.05, 3.63) is 0 Å². The molecule has 1 aliphatic heterocycles. The van der Waals surface area contributed by atoms with E-state index < -0.39 is 0 Å². The lowest BCUT2D eigenvalue weighted by Crippen LogP contribution is -2.20. The molecular weight excluding hydrogens is 150 g/mol. The molecule has 2 fully saturated rings. The highest BCUT2D eigenvalue weighted by atomic mass is 16.2. The number of amides is 1. The fraction of sp³-hybridized carbons (Fsp3) is 0.900. The highest BCUT2D eigenvalue weighted by Crippen LogP contribution is 2.32. The molecule has 1 amide bonds. The SMILES string of the molecule is O=C1NCCC1CCC1CCC1. The molecule has 0 aromatic heterocycles. The average molecular weight is 167 g/mol. The molecule has 0 bridgehead atoms. The highest BCUT2D eigenvalue weighted by Gasteiger charge is 2.26. The molecule has 1 saturated carbocycles. The molecule has 0 aromatic carbocycles. The van der Waals surface area contributed by atoms with Gasteiger partial charge in [0.25, 0.3) is 0 Å². The second kappa shape index (κ2) is 3.46. The van der Waals surface area contributed by atoms with E-state index in [2.05, 4.69) is 5.32 Å². The third kappa shape index (κ3) is 1.62. The Hall–Kier alpha value is -0.530. The van der Waals surface area contributed by atoms with Crippen molar-refractivity contribution < 1.29 is 4.79 Å². The van der Waals surface area contributed by atoms with Crippen LogP contribution in [-0.4, -0.2) is 12.5 Å². The first kappa shape index (κ1) is 8.09. The largest absolute Gasteiger partial charge is 0.356 e. The van der Waals surface area contributed by atoms with Crippen molar-refractivity contribution in [2.24, 2.45) is 11.8 Å². The second-order valence-electron chi connectivity index (χ2n) is 4.15. The van der Waals surface area contributed by atoms with Crippen LogP contribution < -0.4 is 5.32 Å². The first-order valence-electron chi connectivity index (χ1n) is 5.14. The fourth-order valence-electron chi connectivity index (χ4n) is 2.14. The molecule has 1 atom stereocenters. The van der Waals surface area contributed by atoms with E-state index >= 15 is 0 Å². The van der Waals surface area contributed by atoms with Crippen LogP contribution in [0.1, 0.15) is 38.5 Å². The average Bonchev–Trinajstić information content (AvgIpc) is 2.33. The Labute approximate surface area is 73.7 Å². The number of nitrogens with one attached hydrogen (secondary N) is 1. The van der Waals surface area contributed by atoms with Gasteiger partial charge in [0.15, 0.2) is 0 Å². The Morgan fingerprint density at radius 1 is 1.25 bits per heavy atom. The lowest BCUT2D eigenvalue weighted by molar-refractivity contribution is -0.122. The number of hydrogen-bond acceptors (Lipinski definition) is 1. The number of rotatable bonds is 3. The summed E-state index contributed by atoms with van der Waals surface area (Å²) >= 11 is 0. The topological polar surface area (TPSA) is 29.1 Å². The van der Waals surface area contributed by atoms with Gasteiger partial charge in [-0.1, -0.05) is 19.3 Å². The van der Waals surface area contributed by atoms with E-state index in [-0.39, 0.29) is 0 Å². The summed E-state index contributed by atoms with van der Waals surface area (Å²) in [7, 11) is 0. The van der Waals surface area contributed by atoms with E-state index in [0.717, 1.165) is 25.3 Å². The second-order valence-corrected chi connectivity index (χ2v) is 4.15. The van der Waals surface area contributed by atoms with Gasteiger partial charge in [0.2, 0.25) is 5.91 Å². The van der Waals surface area contributed by atoms with Crippen LogP contribution in [0, 0.1) is 11.8 Å². The fourth-order valence-corrected chi connectivity index (χ4v) is 2.14. The maximum atomic E-state index is 11.2. The van der Waals surface area contributed by atoms with Gasteiger partial charge in [-0.25, -0.2) is 0 Å². The molecule has 12 heavy (non-hydrogen) atoms. The van der Waals surface area contributed by atoms with Crippen LogP contribution in [0.4, 0.5) is 0 Å². The monoisotopic (exact) mass is 167 g/mol. The minimum atomic E-state index is 0.300. The van der Waals surface area contributed by atoms with Crippen molar-refractivity contribution in [2.75, 3.05) is 6.54 Å². The molecule has 1 heterocycles. The third-order valence-corrected chi connectivity index (χ3v) is 3.31. The summed E-state index contributed by atoms with van der Waals surface area (Å²) in [5, 5.41) is 2.89. The molecule has 0 spiro atoms. The van der Waals surface area contributed by atoms with E-state index in [4.69, 9.17) is 0 Å². The molecule has 2 aliphatic rings. The molecule has 1 saturated heterocycles. The van der Waals surface area contributed by atoms with Gasteiger partial charge in [-0.05, 0) is 25.2 Å². The third-order valence-electron chi connectivity index (χ3n) is 3.31. The van der Waals surface area contributed by atoms with Crippen LogP contribution in [0.25, 0.3) is 0 Å². The summed E-state index contributed by atoms with van der Waals surface area (Å²) in [5.74, 6) is 1.61. The lowest BCUT2D eigenvalue weighted by atomic mass is 9.80. The van der Waals surface area contributed by atoms with Gasteiger partial charge in [-0.2, -0.15) is 0 Å². The predicted octanol–water partition coefficient (Wildman–Crippen LogP) is 1.70. The normalized spacial score (nSPS) is 30.0. The van der Waals surface area contributed by atoms with Gasteiger partial charge in [0.05, 0.1) is 0 Å². The summed E-state index contributed by atoms with van der Waals surface area (Å²) in [5.41, 5.74) is 0. The van der Waals surface area contributed by atoms with Crippen molar-refractivity contribution in [1.29, 1.82) is 0 Å². The van der Waals surface area contributed by atoms with E-state index in [0.29, 0.717) is 11.8 Å². The van der Waals surface area contributed by atoms with Crippen molar-refractivity contribution in [2.45, 2.75) is 38.5 Å². The van der Waals surface area contributed by atoms with Crippen LogP contribution in [0.3, 0.4) is 0 Å². The van der Waals surface area contributed by atoms with Gasteiger partial charge < -0.3 is 5.32 Å². The van der Waals surface area contributed by atoms with E-state index in [1.54, 1.807) is 0 Å². The Morgan fingerprint density at radius 2 is 2.08 bits per heavy atom. The molecular formula is C10H17NO. The van der Waals surface area contributed by atoms with E-state index in [9.17, 15) is 4.79 Å². The Bertz CT molecular complexity index is 175. The van der Waals surface area contributed by atoms with Crippen LogP contribution in [0.15, 0.2) is 0 Å². The first-order valence-corrected chi connectivity index (χ1v) is 5.14. The molecule has 2 nitrogen and oxygen atoms in total. The molecule has 0 radical (unpaired) electrons. The number of hydrogen-bond donors (Lipinski definition) is 1. The van der Waals surface area contributed by atoms with Gasteiger partial charge >= 0.3 is 0 Å². The Morgan fingerprint density at radius 3 is 2.58 bits per heavy atom. The van der Waals surface area contributed by atoms with Crippen molar-refractivity contribution in [1.82, 2.24) is 5.32 Å². The smallest absolute Gasteiger partial charge is 0.223 e. The summed E-state index contributed by atoms with van der Waals surface area (Å²) in [6, 6.07) is 0. The first-order chi connectivity index (χ1) is 5.86. The van der Waals surface area contributed by atoms with Crippen LogP contribution in [-0.2, 0) is 4.79 Å². The van der Waals surface area contributed by atoms with E-state index in [1.807, 2.05) is 0 Å². The lowest BCUT2D eigenvalue weighted by Gasteiger charge is -2.25. The van der Waals surface area contributed by atoms with Crippen LogP contribution in [0.2, 0.25) is 0 Å². The van der Waals surface area contributed by atoms with Crippen molar-refractivity contribution in [3.8, 4) is 0 Å². The highest BCUT2D eigenvalue weighted by molar-refractivity contribution is 5.80. The Kier molecular flexibility index (Phi) is 2.33.